The minimum absolute atomic E-state index is 0.196. The van der Waals surface area contributed by atoms with Crippen molar-refractivity contribution in [2.24, 2.45) is 0 Å². The first-order valence-corrected chi connectivity index (χ1v) is 7.15. The lowest BCUT2D eigenvalue weighted by Gasteiger charge is -2.41. The zero-order valence-electron chi connectivity index (χ0n) is 9.90. The Balaban J connectivity index is 2.33. The molecule has 0 spiro atoms. The number of allylic oxidation sites excluding steroid dienone is 1. The summed E-state index contributed by atoms with van der Waals surface area (Å²) in [4.78, 5) is 0. The Labute approximate surface area is 108 Å². The van der Waals surface area contributed by atoms with Gasteiger partial charge in [0.05, 0.1) is 0 Å². The topological polar surface area (TPSA) is 9.23 Å². The van der Waals surface area contributed by atoms with Gasteiger partial charge in [0.2, 0.25) is 0 Å². The molecule has 0 unspecified atom stereocenters. The fourth-order valence-corrected chi connectivity index (χ4v) is 3.85. The molecule has 3 heteroatoms. The Morgan fingerprint density at radius 2 is 2.19 bits per heavy atom. The largest absolute Gasteiger partial charge is 0.370 e. The van der Waals surface area contributed by atoms with Crippen LogP contribution < -0.4 is 0 Å². The number of alkyl halides is 1. The molecule has 2 bridgehead atoms. The van der Waals surface area contributed by atoms with Gasteiger partial charge in [0.1, 0.15) is 5.60 Å². The first-order chi connectivity index (χ1) is 7.68. The predicted molar refractivity (Wildman–Crippen MR) is 69.2 cm³/mol. The molecule has 2 atom stereocenters. The lowest BCUT2D eigenvalue weighted by atomic mass is 9.78. The lowest BCUT2D eigenvalue weighted by molar-refractivity contribution is -0.0250. The molecule has 0 saturated heterocycles. The van der Waals surface area contributed by atoms with Crippen molar-refractivity contribution in [3.05, 3.63) is 10.6 Å². The standard InChI is InChI=1S/C13H20Cl2O/c1-2-16-13-7-5-3-4-6-10(12(13)15)8-11(14)9-13/h11H,2-9H2,1H3/t11-,13+/m0/s1. The van der Waals surface area contributed by atoms with Gasteiger partial charge >= 0.3 is 0 Å². The number of hydrogen-bond acceptors (Lipinski definition) is 1. The molecule has 0 aromatic rings. The molecule has 0 saturated carbocycles. The molecular formula is C13H20Cl2O. The summed E-state index contributed by atoms with van der Waals surface area (Å²) in [6.45, 7) is 2.75. The summed E-state index contributed by atoms with van der Waals surface area (Å²) in [5.41, 5.74) is 1.09. The van der Waals surface area contributed by atoms with Crippen molar-refractivity contribution in [1.29, 1.82) is 0 Å². The predicted octanol–water partition coefficient (Wildman–Crippen LogP) is 4.62. The third-order valence-corrected chi connectivity index (χ3v) is 4.63. The average Bonchev–Trinajstić information content (AvgIpc) is 2.24. The normalized spacial score (nSPS) is 35.8. The maximum Gasteiger partial charge on any atom is 0.105 e. The van der Waals surface area contributed by atoms with Gasteiger partial charge in [0.15, 0.2) is 0 Å². The molecule has 1 nitrogen and oxygen atoms in total. The Hall–Kier alpha value is 0.280. The van der Waals surface area contributed by atoms with Crippen molar-refractivity contribution in [2.75, 3.05) is 6.61 Å². The Morgan fingerprint density at radius 1 is 1.38 bits per heavy atom. The lowest BCUT2D eigenvalue weighted by Crippen LogP contribution is -2.40. The van der Waals surface area contributed by atoms with Crippen LogP contribution in [0.4, 0.5) is 0 Å². The number of hydrogen-bond donors (Lipinski definition) is 0. The van der Waals surface area contributed by atoms with Gasteiger partial charge in [-0.15, -0.1) is 11.6 Å². The SMILES string of the molecule is CCO[C@@]12CCCCCC(=C1Cl)C[C@H](Cl)C2. The molecule has 16 heavy (non-hydrogen) atoms. The van der Waals surface area contributed by atoms with E-state index < -0.39 is 0 Å². The zero-order valence-corrected chi connectivity index (χ0v) is 11.4. The highest BCUT2D eigenvalue weighted by Crippen LogP contribution is 2.46. The second kappa shape index (κ2) is 5.29. The van der Waals surface area contributed by atoms with Crippen LogP contribution >= 0.6 is 23.2 Å². The van der Waals surface area contributed by atoms with E-state index in [9.17, 15) is 0 Å². The summed E-state index contributed by atoms with van der Waals surface area (Å²) in [5.74, 6) is 0. The molecular weight excluding hydrogens is 243 g/mol. The molecule has 0 aromatic heterocycles. The van der Waals surface area contributed by atoms with E-state index in [2.05, 4.69) is 0 Å². The van der Waals surface area contributed by atoms with E-state index in [1.807, 2.05) is 6.92 Å². The van der Waals surface area contributed by atoms with Gasteiger partial charge in [-0.3, -0.25) is 0 Å². The van der Waals surface area contributed by atoms with Crippen molar-refractivity contribution in [1.82, 2.24) is 0 Å². The molecule has 0 N–H and O–H groups in total. The quantitative estimate of drug-likeness (QED) is 0.660. The van der Waals surface area contributed by atoms with Crippen LogP contribution in [0, 0.1) is 0 Å². The molecule has 0 aliphatic heterocycles. The van der Waals surface area contributed by atoms with Crippen molar-refractivity contribution >= 4 is 23.2 Å². The summed E-state index contributed by atoms with van der Waals surface area (Å²) >= 11 is 12.9. The van der Waals surface area contributed by atoms with Gasteiger partial charge in [-0.05, 0) is 39.0 Å². The zero-order chi connectivity index (χ0) is 11.6. The fourth-order valence-electron chi connectivity index (χ4n) is 3.02. The van der Waals surface area contributed by atoms with Crippen molar-refractivity contribution in [3.8, 4) is 0 Å². The van der Waals surface area contributed by atoms with Gasteiger partial charge in [-0.1, -0.05) is 30.0 Å². The van der Waals surface area contributed by atoms with E-state index in [1.165, 1.54) is 24.8 Å². The molecule has 2 rings (SSSR count). The van der Waals surface area contributed by atoms with Crippen molar-refractivity contribution < 1.29 is 4.74 Å². The molecule has 0 fully saturated rings. The third-order valence-electron chi connectivity index (χ3n) is 3.71. The maximum absolute atomic E-state index is 6.56. The van der Waals surface area contributed by atoms with Crippen LogP contribution in [0.1, 0.15) is 51.9 Å². The van der Waals surface area contributed by atoms with Gasteiger partial charge < -0.3 is 4.74 Å². The van der Waals surface area contributed by atoms with Crippen LogP contribution in [-0.2, 0) is 4.74 Å². The summed E-state index contributed by atoms with van der Waals surface area (Å²) in [7, 11) is 0. The Bertz CT molecular complexity index is 288. The Morgan fingerprint density at radius 3 is 2.94 bits per heavy atom. The first kappa shape index (κ1) is 12.7. The molecule has 2 aliphatic carbocycles. The van der Waals surface area contributed by atoms with Crippen LogP contribution in [-0.4, -0.2) is 17.6 Å². The second-order valence-electron chi connectivity index (χ2n) is 4.91. The highest BCUT2D eigenvalue weighted by Gasteiger charge is 2.42. The van der Waals surface area contributed by atoms with Crippen LogP contribution in [0.2, 0.25) is 0 Å². The Kier molecular flexibility index (Phi) is 4.21. The van der Waals surface area contributed by atoms with E-state index in [0.29, 0.717) is 6.61 Å². The summed E-state index contributed by atoms with van der Waals surface area (Å²) in [6, 6.07) is 0. The van der Waals surface area contributed by atoms with Crippen LogP contribution in [0.15, 0.2) is 10.6 Å². The molecule has 0 aromatic carbocycles. The smallest absolute Gasteiger partial charge is 0.105 e. The van der Waals surface area contributed by atoms with Gasteiger partial charge in [0.25, 0.3) is 0 Å². The molecule has 92 valence electrons. The van der Waals surface area contributed by atoms with Crippen molar-refractivity contribution in [3.63, 3.8) is 0 Å². The minimum atomic E-state index is -0.253. The van der Waals surface area contributed by atoms with Crippen LogP contribution in [0.25, 0.3) is 0 Å². The summed E-state index contributed by atoms with van der Waals surface area (Å²) in [6.07, 6.45) is 7.71. The molecule has 2 aliphatic rings. The highest BCUT2D eigenvalue weighted by molar-refractivity contribution is 6.31. The summed E-state index contributed by atoms with van der Waals surface area (Å²) in [5, 5.41) is 1.17. The van der Waals surface area contributed by atoms with Crippen LogP contribution in [0.5, 0.6) is 0 Å². The van der Waals surface area contributed by atoms with Crippen LogP contribution in [0.3, 0.4) is 0 Å². The molecule has 0 heterocycles. The minimum Gasteiger partial charge on any atom is -0.370 e. The van der Waals surface area contributed by atoms with Gasteiger partial charge in [-0.25, -0.2) is 0 Å². The molecule has 0 radical (unpaired) electrons. The molecule has 0 amide bonds. The maximum atomic E-state index is 6.56. The van der Waals surface area contributed by atoms with E-state index in [1.54, 1.807) is 0 Å². The van der Waals surface area contributed by atoms with E-state index in [0.717, 1.165) is 30.7 Å². The van der Waals surface area contributed by atoms with E-state index in [-0.39, 0.29) is 11.0 Å². The number of ether oxygens (including phenoxy) is 1. The first-order valence-electron chi connectivity index (χ1n) is 6.34. The van der Waals surface area contributed by atoms with E-state index in [4.69, 9.17) is 27.9 Å². The highest BCUT2D eigenvalue weighted by atomic mass is 35.5. The van der Waals surface area contributed by atoms with E-state index >= 15 is 0 Å². The van der Waals surface area contributed by atoms with Gasteiger partial charge in [0, 0.05) is 17.0 Å². The number of fused-ring (bicyclic) bond motifs is 1. The third kappa shape index (κ3) is 2.42. The monoisotopic (exact) mass is 262 g/mol. The second-order valence-corrected chi connectivity index (χ2v) is 5.91. The van der Waals surface area contributed by atoms with Gasteiger partial charge in [-0.2, -0.15) is 0 Å². The summed E-state index contributed by atoms with van der Waals surface area (Å²) < 4.78 is 5.99. The number of halogens is 2. The number of rotatable bonds is 2. The average molecular weight is 263 g/mol. The fraction of sp³-hybridized carbons (Fsp3) is 0.846. The van der Waals surface area contributed by atoms with Crippen molar-refractivity contribution in [2.45, 2.75) is 62.8 Å².